The number of ketones is 1. The number of hydrogen-bond acceptors (Lipinski definition) is 3. The molecule has 0 saturated carbocycles. The molecule has 70 valence electrons. The van der Waals surface area contributed by atoms with Gasteiger partial charge in [-0.2, -0.15) is 11.8 Å². The Morgan fingerprint density at radius 1 is 1.62 bits per heavy atom. The van der Waals surface area contributed by atoms with Gasteiger partial charge in [-0.05, 0) is 23.6 Å². The minimum absolute atomic E-state index is 0.340. The summed E-state index contributed by atoms with van der Waals surface area (Å²) < 4.78 is 0. The third-order valence-corrected chi connectivity index (χ3v) is 4.35. The molecule has 2 rings (SSSR count). The highest BCUT2D eigenvalue weighted by atomic mass is 32.2. The predicted molar refractivity (Wildman–Crippen MR) is 58.5 cm³/mol. The molecule has 1 atom stereocenters. The lowest BCUT2D eigenvalue weighted by Crippen LogP contribution is -2.15. The van der Waals surface area contributed by atoms with Crippen LogP contribution in [0.4, 0.5) is 0 Å². The number of carbonyl (C=O) groups excluding carboxylic acids is 1. The molecule has 0 aromatic carbocycles. The molecule has 1 aliphatic rings. The largest absolute Gasteiger partial charge is 0.299 e. The second kappa shape index (κ2) is 4.29. The molecule has 1 nitrogen and oxygen atoms in total. The molecule has 1 unspecified atom stereocenters. The Balaban J connectivity index is 1.91. The summed E-state index contributed by atoms with van der Waals surface area (Å²) in [4.78, 5) is 12.9. The van der Waals surface area contributed by atoms with Gasteiger partial charge >= 0.3 is 0 Å². The molecule has 1 aliphatic heterocycles. The van der Waals surface area contributed by atoms with E-state index in [1.807, 2.05) is 29.3 Å². The highest BCUT2D eigenvalue weighted by molar-refractivity contribution is 7.99. The predicted octanol–water partition coefficient (Wildman–Crippen LogP) is 2.61. The second-order valence-electron chi connectivity index (χ2n) is 3.28. The van der Waals surface area contributed by atoms with Crippen LogP contribution in [0.15, 0.2) is 17.5 Å². The van der Waals surface area contributed by atoms with E-state index in [-0.39, 0.29) is 0 Å². The molecule has 0 radical (unpaired) electrons. The summed E-state index contributed by atoms with van der Waals surface area (Å²) in [6.45, 7) is 0. The average molecular weight is 212 g/mol. The van der Waals surface area contributed by atoms with Crippen molar-refractivity contribution in [1.82, 2.24) is 0 Å². The molecule has 0 spiro atoms. The third kappa shape index (κ3) is 2.35. The maximum Gasteiger partial charge on any atom is 0.142 e. The van der Waals surface area contributed by atoms with Crippen LogP contribution >= 0.6 is 23.1 Å². The molecule has 13 heavy (non-hydrogen) atoms. The van der Waals surface area contributed by atoms with Gasteiger partial charge in [-0.15, -0.1) is 11.3 Å². The summed E-state index contributed by atoms with van der Waals surface area (Å²) in [5.41, 5.74) is 0. The monoisotopic (exact) mass is 212 g/mol. The van der Waals surface area contributed by atoms with Gasteiger partial charge in [0.15, 0.2) is 0 Å². The minimum Gasteiger partial charge on any atom is -0.299 e. The van der Waals surface area contributed by atoms with E-state index in [9.17, 15) is 4.79 Å². The van der Waals surface area contributed by atoms with Gasteiger partial charge in [0.05, 0.1) is 0 Å². The van der Waals surface area contributed by atoms with Gasteiger partial charge in [0.25, 0.3) is 0 Å². The van der Waals surface area contributed by atoms with Crippen molar-refractivity contribution in [3.8, 4) is 0 Å². The van der Waals surface area contributed by atoms with Crippen LogP contribution in [-0.4, -0.2) is 17.3 Å². The zero-order valence-electron chi connectivity index (χ0n) is 7.36. The van der Waals surface area contributed by atoms with Crippen LogP contribution in [0.25, 0.3) is 0 Å². The van der Waals surface area contributed by atoms with Crippen LogP contribution in [0.2, 0.25) is 0 Å². The Morgan fingerprint density at radius 3 is 3.15 bits per heavy atom. The molecule has 2 heterocycles. The van der Waals surface area contributed by atoms with E-state index in [1.54, 1.807) is 11.3 Å². The number of hydrogen-bond donors (Lipinski definition) is 0. The molecule has 1 fully saturated rings. The minimum atomic E-state index is 0.340. The average Bonchev–Trinajstić information content (AvgIpc) is 2.74. The summed E-state index contributed by atoms with van der Waals surface area (Å²) in [5.74, 6) is 2.99. The number of thioether (sulfide) groups is 1. The van der Waals surface area contributed by atoms with Crippen molar-refractivity contribution in [3.05, 3.63) is 22.4 Å². The lowest BCUT2D eigenvalue weighted by atomic mass is 10.0. The lowest BCUT2D eigenvalue weighted by Gasteiger charge is -2.04. The summed E-state index contributed by atoms with van der Waals surface area (Å²) >= 11 is 3.59. The zero-order valence-corrected chi connectivity index (χ0v) is 9.00. The zero-order chi connectivity index (χ0) is 9.10. The number of Topliss-reactive ketones (excluding diaryl/α,β-unsaturated/α-hetero) is 1. The van der Waals surface area contributed by atoms with E-state index in [1.165, 1.54) is 10.6 Å². The van der Waals surface area contributed by atoms with Gasteiger partial charge in [0, 0.05) is 23.0 Å². The summed E-state index contributed by atoms with van der Waals surface area (Å²) in [6, 6.07) is 4.06. The molecule has 1 aromatic rings. The Bertz CT molecular complexity index is 273. The first-order valence-corrected chi connectivity index (χ1v) is 6.52. The van der Waals surface area contributed by atoms with Gasteiger partial charge in [-0.3, -0.25) is 4.79 Å². The van der Waals surface area contributed by atoms with Crippen molar-refractivity contribution in [3.63, 3.8) is 0 Å². The Morgan fingerprint density at radius 2 is 2.54 bits per heavy atom. The van der Waals surface area contributed by atoms with E-state index in [2.05, 4.69) is 0 Å². The lowest BCUT2D eigenvalue weighted by molar-refractivity contribution is -0.121. The summed E-state index contributed by atoms with van der Waals surface area (Å²) in [7, 11) is 0. The molecule has 0 bridgehead atoms. The van der Waals surface area contributed by atoms with Gasteiger partial charge < -0.3 is 0 Å². The van der Waals surface area contributed by atoms with Gasteiger partial charge in [-0.1, -0.05) is 6.07 Å². The van der Waals surface area contributed by atoms with E-state index >= 15 is 0 Å². The van der Waals surface area contributed by atoms with Crippen molar-refractivity contribution >= 4 is 28.9 Å². The van der Waals surface area contributed by atoms with Crippen LogP contribution < -0.4 is 0 Å². The highest BCUT2D eigenvalue weighted by Crippen LogP contribution is 2.25. The van der Waals surface area contributed by atoms with E-state index in [0.29, 0.717) is 18.1 Å². The standard InChI is InChI=1S/C10H12OS2/c11-10(8-3-5-12-7-8)6-9-2-1-4-13-9/h1-2,4,8H,3,5-7H2. The molecule has 1 aromatic heterocycles. The van der Waals surface area contributed by atoms with Gasteiger partial charge in [-0.25, -0.2) is 0 Å². The van der Waals surface area contributed by atoms with Crippen LogP contribution in [0, 0.1) is 5.92 Å². The summed E-state index contributed by atoms with van der Waals surface area (Å²) in [6.07, 6.45) is 1.75. The van der Waals surface area contributed by atoms with Crippen LogP contribution in [0.1, 0.15) is 11.3 Å². The smallest absolute Gasteiger partial charge is 0.142 e. The van der Waals surface area contributed by atoms with E-state index < -0.39 is 0 Å². The topological polar surface area (TPSA) is 17.1 Å². The molecule has 3 heteroatoms. The first kappa shape index (κ1) is 9.28. The Hall–Kier alpha value is -0.280. The molecule has 0 N–H and O–H groups in total. The normalized spacial score (nSPS) is 22.0. The molecule has 0 aliphatic carbocycles. The second-order valence-corrected chi connectivity index (χ2v) is 5.47. The third-order valence-electron chi connectivity index (χ3n) is 2.31. The molecule has 0 amide bonds. The molecular weight excluding hydrogens is 200 g/mol. The summed E-state index contributed by atoms with van der Waals surface area (Å²) in [5, 5.41) is 2.03. The number of rotatable bonds is 3. The van der Waals surface area contributed by atoms with Crippen molar-refractivity contribution in [2.45, 2.75) is 12.8 Å². The van der Waals surface area contributed by atoms with Crippen molar-refractivity contribution in [2.24, 2.45) is 5.92 Å². The van der Waals surface area contributed by atoms with Gasteiger partial charge in [0.2, 0.25) is 0 Å². The Kier molecular flexibility index (Phi) is 3.06. The maximum absolute atomic E-state index is 11.7. The number of thiophene rings is 1. The van der Waals surface area contributed by atoms with Crippen LogP contribution in [0.5, 0.6) is 0 Å². The van der Waals surface area contributed by atoms with Crippen LogP contribution in [-0.2, 0) is 11.2 Å². The van der Waals surface area contributed by atoms with Gasteiger partial charge in [0.1, 0.15) is 5.78 Å². The highest BCUT2D eigenvalue weighted by Gasteiger charge is 2.22. The maximum atomic E-state index is 11.7. The van der Waals surface area contributed by atoms with Crippen molar-refractivity contribution < 1.29 is 4.79 Å². The Labute approximate surface area is 86.5 Å². The quantitative estimate of drug-likeness (QED) is 0.766. The van der Waals surface area contributed by atoms with Crippen molar-refractivity contribution in [1.29, 1.82) is 0 Å². The fourth-order valence-electron chi connectivity index (χ4n) is 1.52. The SMILES string of the molecule is O=C(Cc1cccs1)C1CCSC1. The van der Waals surface area contributed by atoms with Crippen molar-refractivity contribution in [2.75, 3.05) is 11.5 Å². The van der Waals surface area contributed by atoms with E-state index in [0.717, 1.165) is 12.2 Å². The number of carbonyl (C=O) groups is 1. The van der Waals surface area contributed by atoms with E-state index in [4.69, 9.17) is 0 Å². The fourth-order valence-corrected chi connectivity index (χ4v) is 3.49. The van der Waals surface area contributed by atoms with Crippen LogP contribution in [0.3, 0.4) is 0 Å². The molecular formula is C10H12OS2. The first-order chi connectivity index (χ1) is 6.36. The fraction of sp³-hybridized carbons (Fsp3) is 0.500. The molecule has 1 saturated heterocycles. The first-order valence-electron chi connectivity index (χ1n) is 4.49.